The van der Waals surface area contributed by atoms with E-state index in [1.165, 1.54) is 4.57 Å². The molecular weight excluding hydrogens is 496 g/mol. The van der Waals surface area contributed by atoms with Crippen LogP contribution in [0.4, 0.5) is 0 Å². The third-order valence-electron chi connectivity index (χ3n) is 6.03. The summed E-state index contributed by atoms with van der Waals surface area (Å²) in [5, 5.41) is 29.0. The molecule has 7 nitrogen and oxygen atoms in total. The van der Waals surface area contributed by atoms with E-state index >= 15 is 0 Å². The molecule has 1 aromatic heterocycles. The number of rotatable bonds is 8. The van der Waals surface area contributed by atoms with E-state index in [4.69, 9.17) is 14.9 Å². The van der Waals surface area contributed by atoms with Gasteiger partial charge in [-0.25, -0.2) is 0 Å². The molecule has 3 aromatic rings. The maximum atomic E-state index is 13.4. The van der Waals surface area contributed by atoms with Gasteiger partial charge in [-0.1, -0.05) is 52.0 Å². The summed E-state index contributed by atoms with van der Waals surface area (Å²) >= 11 is 1.16. The van der Waals surface area contributed by atoms with E-state index in [1.807, 2.05) is 48.5 Å². The molecule has 2 aromatic carbocycles. The van der Waals surface area contributed by atoms with E-state index in [2.05, 4.69) is 39.8 Å². The molecule has 2 unspecified atom stereocenters. The van der Waals surface area contributed by atoms with Crippen molar-refractivity contribution in [2.24, 2.45) is 17.8 Å². The van der Waals surface area contributed by atoms with Crippen LogP contribution < -0.4 is 24.2 Å². The van der Waals surface area contributed by atoms with Crippen LogP contribution in [0.3, 0.4) is 0 Å². The lowest BCUT2D eigenvalue weighted by Crippen LogP contribution is -2.45. The Morgan fingerprint density at radius 3 is 2.26 bits per heavy atom. The lowest BCUT2D eigenvalue weighted by molar-refractivity contribution is 0.270. The van der Waals surface area contributed by atoms with E-state index < -0.39 is 17.4 Å². The van der Waals surface area contributed by atoms with Gasteiger partial charge in [0, 0.05) is 5.92 Å². The molecule has 2 atom stereocenters. The Balaban J connectivity index is 1.84. The lowest BCUT2D eigenvalue weighted by atomic mass is 9.79. The molecule has 2 heterocycles. The fourth-order valence-electron chi connectivity index (χ4n) is 4.26. The summed E-state index contributed by atoms with van der Waals surface area (Å²) in [6.45, 7) is 9.37. The SMILES string of the molecule is CC(C)COc1cccc(C=c2sc3n(c2=O)C(=N)C(C#N)C(c2cccc(OCC(C)C)c2)C=3C#N)c1. The zero-order valence-electron chi connectivity index (χ0n) is 21.9. The number of hydrogen-bond donors (Lipinski definition) is 1. The quantitative estimate of drug-likeness (QED) is 0.472. The smallest absolute Gasteiger partial charge is 0.274 e. The first kappa shape index (κ1) is 26.9. The zero-order chi connectivity index (χ0) is 27.4. The molecule has 0 saturated carbocycles. The largest absolute Gasteiger partial charge is 0.493 e. The molecule has 0 radical (unpaired) electrons. The first-order chi connectivity index (χ1) is 18.2. The molecule has 1 aliphatic rings. The Hall–Kier alpha value is -4.14. The maximum absolute atomic E-state index is 13.4. The second kappa shape index (κ2) is 11.5. The Bertz CT molecular complexity index is 1620. The Labute approximate surface area is 226 Å². The van der Waals surface area contributed by atoms with Gasteiger partial charge in [0.15, 0.2) is 0 Å². The van der Waals surface area contributed by atoms with E-state index in [0.29, 0.717) is 56.9 Å². The molecule has 4 rings (SSSR count). The number of aromatic nitrogens is 1. The van der Waals surface area contributed by atoms with Crippen LogP contribution in [0, 0.1) is 45.8 Å². The fraction of sp³-hybridized carbons (Fsp3) is 0.333. The predicted molar refractivity (Wildman–Crippen MR) is 149 cm³/mol. The standard InChI is InChI=1S/C30H30N4O3S/c1-18(2)16-36-22-9-5-7-20(11-22)12-26-29(35)34-28(33)24(14-31)27(25(15-32)30(34)38-26)21-8-6-10-23(13-21)37-17-19(3)4/h5-13,18-19,24,27,33H,16-17H2,1-4H3. The van der Waals surface area contributed by atoms with E-state index in [-0.39, 0.29) is 5.84 Å². The monoisotopic (exact) mass is 526 g/mol. The molecule has 8 heteroatoms. The average molecular weight is 527 g/mol. The van der Waals surface area contributed by atoms with Crippen molar-refractivity contribution in [3.63, 3.8) is 0 Å². The zero-order valence-corrected chi connectivity index (χ0v) is 22.7. The van der Waals surface area contributed by atoms with Gasteiger partial charge < -0.3 is 9.47 Å². The van der Waals surface area contributed by atoms with Crippen LogP contribution in [0.15, 0.2) is 53.3 Å². The Morgan fingerprint density at radius 1 is 1.03 bits per heavy atom. The highest BCUT2D eigenvalue weighted by molar-refractivity contribution is 7.07. The summed E-state index contributed by atoms with van der Waals surface area (Å²) in [6, 6.07) is 19.2. The van der Waals surface area contributed by atoms with Crippen LogP contribution in [0.1, 0.15) is 44.7 Å². The minimum atomic E-state index is -0.995. The molecule has 1 N–H and O–H groups in total. The molecule has 0 aliphatic carbocycles. The molecule has 38 heavy (non-hydrogen) atoms. The topological polar surface area (TPSA) is 112 Å². The van der Waals surface area contributed by atoms with Gasteiger partial charge in [-0.15, -0.1) is 11.3 Å². The van der Waals surface area contributed by atoms with Gasteiger partial charge in [-0.3, -0.25) is 14.8 Å². The third kappa shape index (κ3) is 5.56. The summed E-state index contributed by atoms with van der Waals surface area (Å²) in [6.07, 6.45) is 1.74. The number of nitrogens with one attached hydrogen (secondary N) is 1. The minimum absolute atomic E-state index is 0.130. The lowest BCUT2D eigenvalue weighted by Gasteiger charge is -2.27. The highest BCUT2D eigenvalue weighted by atomic mass is 32.1. The van der Waals surface area contributed by atoms with E-state index in [9.17, 15) is 15.3 Å². The molecule has 0 spiro atoms. The van der Waals surface area contributed by atoms with Crippen molar-refractivity contribution < 1.29 is 9.47 Å². The molecule has 1 aliphatic heterocycles. The fourth-order valence-corrected chi connectivity index (χ4v) is 5.40. The number of thiazole rings is 1. The Kier molecular flexibility index (Phi) is 8.14. The highest BCUT2D eigenvalue weighted by Gasteiger charge is 2.38. The third-order valence-corrected chi connectivity index (χ3v) is 7.14. The number of nitrogens with zero attached hydrogens (tertiary/aromatic N) is 3. The van der Waals surface area contributed by atoms with Gasteiger partial charge in [0.1, 0.15) is 27.9 Å². The van der Waals surface area contributed by atoms with Gasteiger partial charge in [-0.05, 0) is 53.3 Å². The van der Waals surface area contributed by atoms with Crippen LogP contribution in [-0.2, 0) is 0 Å². The van der Waals surface area contributed by atoms with Crippen LogP contribution in [0.2, 0.25) is 0 Å². The number of ether oxygens (including phenoxy) is 2. The first-order valence-electron chi connectivity index (χ1n) is 12.6. The molecular formula is C30H30N4O3S. The van der Waals surface area contributed by atoms with Crippen LogP contribution in [0.25, 0.3) is 11.6 Å². The number of nitriles is 2. The summed E-state index contributed by atoms with van der Waals surface area (Å²) in [4.78, 5) is 13.4. The van der Waals surface area contributed by atoms with Crippen molar-refractivity contribution in [3.05, 3.63) is 79.2 Å². The number of fused-ring (bicyclic) bond motifs is 1. The summed E-state index contributed by atoms with van der Waals surface area (Å²) in [5.41, 5.74) is 1.36. The normalized spacial score (nSPS) is 17.3. The van der Waals surface area contributed by atoms with Gasteiger partial charge in [0.2, 0.25) is 0 Å². The predicted octanol–water partition coefficient (Wildman–Crippen LogP) is 4.25. The van der Waals surface area contributed by atoms with Gasteiger partial charge >= 0.3 is 0 Å². The average Bonchev–Trinajstić information content (AvgIpc) is 3.22. The van der Waals surface area contributed by atoms with Crippen LogP contribution >= 0.6 is 11.3 Å². The van der Waals surface area contributed by atoms with Crippen molar-refractivity contribution in [3.8, 4) is 23.6 Å². The van der Waals surface area contributed by atoms with E-state index in [0.717, 1.165) is 16.9 Å². The van der Waals surface area contributed by atoms with Gasteiger partial charge in [0.25, 0.3) is 5.56 Å². The number of hydrogen-bond acceptors (Lipinski definition) is 7. The maximum Gasteiger partial charge on any atom is 0.274 e. The van der Waals surface area contributed by atoms with Gasteiger partial charge in [0.05, 0.1) is 35.5 Å². The van der Waals surface area contributed by atoms with Crippen molar-refractivity contribution >= 4 is 28.8 Å². The van der Waals surface area contributed by atoms with Crippen molar-refractivity contribution in [1.29, 1.82) is 15.9 Å². The first-order valence-corrected chi connectivity index (χ1v) is 13.4. The second-order valence-electron chi connectivity index (χ2n) is 10.1. The molecule has 194 valence electrons. The van der Waals surface area contributed by atoms with E-state index in [1.54, 1.807) is 6.08 Å². The Morgan fingerprint density at radius 2 is 1.66 bits per heavy atom. The van der Waals surface area contributed by atoms with Gasteiger partial charge in [-0.2, -0.15) is 10.5 Å². The minimum Gasteiger partial charge on any atom is -0.493 e. The highest BCUT2D eigenvalue weighted by Crippen LogP contribution is 2.36. The van der Waals surface area contributed by atoms with Crippen molar-refractivity contribution in [2.45, 2.75) is 33.6 Å². The summed E-state index contributed by atoms with van der Waals surface area (Å²) in [5.74, 6) is 0.256. The molecule has 0 bridgehead atoms. The molecule has 0 saturated heterocycles. The second-order valence-corrected chi connectivity index (χ2v) is 11.1. The summed E-state index contributed by atoms with van der Waals surface area (Å²) < 4.78 is 13.6. The number of benzene rings is 2. The summed E-state index contributed by atoms with van der Waals surface area (Å²) in [7, 11) is 0. The molecule has 0 amide bonds. The molecule has 0 fully saturated rings. The van der Waals surface area contributed by atoms with Crippen LogP contribution in [-0.4, -0.2) is 23.6 Å². The van der Waals surface area contributed by atoms with Crippen molar-refractivity contribution in [2.75, 3.05) is 13.2 Å². The van der Waals surface area contributed by atoms with Crippen molar-refractivity contribution in [1.82, 2.24) is 4.57 Å². The van der Waals surface area contributed by atoms with Crippen LogP contribution in [0.5, 0.6) is 11.5 Å².